The van der Waals surface area contributed by atoms with Gasteiger partial charge in [0.25, 0.3) is 5.91 Å². The van der Waals surface area contributed by atoms with Gasteiger partial charge in [0.2, 0.25) is 5.91 Å². The van der Waals surface area contributed by atoms with Crippen LogP contribution >= 0.6 is 0 Å². The minimum Gasteiger partial charge on any atom is -0.507 e. The van der Waals surface area contributed by atoms with Crippen LogP contribution in [0.25, 0.3) is 0 Å². The van der Waals surface area contributed by atoms with E-state index in [1.807, 2.05) is 0 Å². The SMILES string of the molecule is CC(=O)NC[C@H]1CN(c2cc(F)c(N3CCNN(C(=O)c4ccccc4O)CC3)c(F)c2)C(=O)O1. The Labute approximate surface area is 200 Å². The monoisotopic (exact) mass is 489 g/mol. The molecule has 3 N–H and O–H groups in total. The predicted molar refractivity (Wildman–Crippen MR) is 122 cm³/mol. The van der Waals surface area contributed by atoms with Crippen molar-refractivity contribution in [1.82, 2.24) is 15.8 Å². The van der Waals surface area contributed by atoms with Crippen molar-refractivity contribution in [1.29, 1.82) is 0 Å². The average Bonchev–Trinajstić information content (AvgIpc) is 3.02. The molecule has 3 amide bonds. The second-order valence-electron chi connectivity index (χ2n) is 8.18. The number of nitrogens with zero attached hydrogens (tertiary/aromatic N) is 3. The number of ether oxygens (including phenoxy) is 1. The molecule has 2 aliphatic rings. The molecule has 2 aromatic carbocycles. The summed E-state index contributed by atoms with van der Waals surface area (Å²) in [4.78, 5) is 38.6. The van der Waals surface area contributed by atoms with Crippen molar-refractivity contribution in [3.8, 4) is 5.75 Å². The number of phenolic OH excluding ortho intramolecular Hbond substituents is 1. The van der Waals surface area contributed by atoms with E-state index in [0.29, 0.717) is 0 Å². The number of aromatic hydroxyl groups is 1. The molecule has 186 valence electrons. The van der Waals surface area contributed by atoms with Crippen LogP contribution in [0.3, 0.4) is 0 Å². The molecule has 1 atom stereocenters. The van der Waals surface area contributed by atoms with E-state index in [1.54, 1.807) is 12.1 Å². The minimum atomic E-state index is -0.862. The molecule has 0 aliphatic carbocycles. The number of carbonyl (C=O) groups excluding carboxylic acids is 3. The fourth-order valence-electron chi connectivity index (χ4n) is 4.03. The Morgan fingerprint density at radius 3 is 2.57 bits per heavy atom. The van der Waals surface area contributed by atoms with E-state index in [1.165, 1.54) is 29.0 Å². The Kier molecular flexibility index (Phi) is 7.01. The molecule has 4 rings (SSSR count). The van der Waals surface area contributed by atoms with E-state index in [0.717, 1.165) is 17.0 Å². The molecule has 0 saturated carbocycles. The number of rotatable bonds is 5. The third kappa shape index (κ3) is 5.27. The van der Waals surface area contributed by atoms with Crippen LogP contribution in [0, 0.1) is 11.6 Å². The number of carbonyl (C=O) groups is 3. The third-order valence-corrected chi connectivity index (χ3v) is 5.74. The third-order valence-electron chi connectivity index (χ3n) is 5.74. The maximum absolute atomic E-state index is 15.1. The summed E-state index contributed by atoms with van der Waals surface area (Å²) in [5.41, 5.74) is 2.77. The van der Waals surface area contributed by atoms with E-state index in [-0.39, 0.29) is 67.9 Å². The average molecular weight is 489 g/mol. The summed E-state index contributed by atoms with van der Waals surface area (Å²) in [6, 6.07) is 8.24. The van der Waals surface area contributed by atoms with Crippen LogP contribution in [-0.2, 0) is 9.53 Å². The number of halogens is 2. The number of phenols is 1. The molecule has 2 fully saturated rings. The zero-order valence-corrected chi connectivity index (χ0v) is 19.0. The van der Waals surface area contributed by atoms with E-state index < -0.39 is 29.7 Å². The highest BCUT2D eigenvalue weighted by Gasteiger charge is 2.34. The number of benzene rings is 2. The molecule has 0 radical (unpaired) electrons. The number of anilines is 2. The number of hydrazine groups is 1. The van der Waals surface area contributed by atoms with Crippen molar-refractivity contribution in [3.05, 3.63) is 53.6 Å². The van der Waals surface area contributed by atoms with Crippen LogP contribution in [0.4, 0.5) is 25.0 Å². The molecule has 0 bridgehead atoms. The van der Waals surface area contributed by atoms with Gasteiger partial charge in [-0.1, -0.05) is 12.1 Å². The van der Waals surface area contributed by atoms with Gasteiger partial charge in [-0.05, 0) is 12.1 Å². The summed E-state index contributed by atoms with van der Waals surface area (Å²) >= 11 is 0. The van der Waals surface area contributed by atoms with Crippen LogP contribution in [0.5, 0.6) is 5.75 Å². The van der Waals surface area contributed by atoms with Gasteiger partial charge in [-0.2, -0.15) is 0 Å². The molecule has 2 aliphatic heterocycles. The summed E-state index contributed by atoms with van der Waals surface area (Å²) in [5.74, 6) is -2.62. The molecule has 0 unspecified atom stereocenters. The molecule has 2 saturated heterocycles. The van der Waals surface area contributed by atoms with Gasteiger partial charge in [-0.3, -0.25) is 19.5 Å². The number of amides is 3. The van der Waals surface area contributed by atoms with Crippen LogP contribution in [0.2, 0.25) is 0 Å². The van der Waals surface area contributed by atoms with Gasteiger partial charge in [0, 0.05) is 38.7 Å². The lowest BCUT2D eigenvalue weighted by Gasteiger charge is -2.25. The highest BCUT2D eigenvalue weighted by Crippen LogP contribution is 2.31. The van der Waals surface area contributed by atoms with Crippen molar-refractivity contribution in [2.24, 2.45) is 0 Å². The normalized spacial score (nSPS) is 18.3. The fourth-order valence-corrected chi connectivity index (χ4v) is 4.03. The largest absolute Gasteiger partial charge is 0.507 e. The summed E-state index contributed by atoms with van der Waals surface area (Å²) < 4.78 is 35.3. The molecule has 12 heteroatoms. The Balaban J connectivity index is 1.46. The molecule has 10 nitrogen and oxygen atoms in total. The zero-order valence-electron chi connectivity index (χ0n) is 19.0. The van der Waals surface area contributed by atoms with Gasteiger partial charge >= 0.3 is 6.09 Å². The maximum atomic E-state index is 15.1. The Morgan fingerprint density at radius 1 is 1.17 bits per heavy atom. The summed E-state index contributed by atoms with van der Waals surface area (Å²) in [5, 5.41) is 13.8. The van der Waals surface area contributed by atoms with Crippen LogP contribution < -0.4 is 20.5 Å². The first-order valence-corrected chi connectivity index (χ1v) is 11.0. The van der Waals surface area contributed by atoms with Gasteiger partial charge in [0.15, 0.2) is 11.6 Å². The molecule has 2 heterocycles. The first-order chi connectivity index (χ1) is 16.7. The molecular weight excluding hydrogens is 464 g/mol. The lowest BCUT2D eigenvalue weighted by atomic mass is 10.2. The Hall–Kier alpha value is -3.93. The Morgan fingerprint density at radius 2 is 1.89 bits per heavy atom. The van der Waals surface area contributed by atoms with Crippen LogP contribution in [-0.4, -0.2) is 73.4 Å². The second-order valence-corrected chi connectivity index (χ2v) is 8.18. The molecule has 0 spiro atoms. The highest BCUT2D eigenvalue weighted by molar-refractivity contribution is 5.96. The fraction of sp³-hybridized carbons (Fsp3) is 0.348. The summed E-state index contributed by atoms with van der Waals surface area (Å²) in [7, 11) is 0. The first kappa shape index (κ1) is 24.2. The topological polar surface area (TPSA) is 114 Å². The smallest absolute Gasteiger partial charge is 0.414 e. The molecule has 0 aromatic heterocycles. The molecule has 2 aromatic rings. The van der Waals surface area contributed by atoms with Gasteiger partial charge in [0.1, 0.15) is 17.5 Å². The first-order valence-electron chi connectivity index (χ1n) is 11.0. The minimum absolute atomic E-state index is 0.00313. The number of cyclic esters (lactones) is 1. The highest BCUT2D eigenvalue weighted by atomic mass is 19.1. The van der Waals surface area contributed by atoms with Gasteiger partial charge in [0.05, 0.1) is 30.9 Å². The van der Waals surface area contributed by atoms with Crippen LogP contribution in [0.1, 0.15) is 17.3 Å². The van der Waals surface area contributed by atoms with E-state index in [4.69, 9.17) is 4.74 Å². The van der Waals surface area contributed by atoms with Crippen molar-refractivity contribution < 1.29 is 33.0 Å². The zero-order chi connectivity index (χ0) is 25.1. The van der Waals surface area contributed by atoms with Crippen LogP contribution in [0.15, 0.2) is 36.4 Å². The van der Waals surface area contributed by atoms with Crippen molar-refractivity contribution in [2.75, 3.05) is 49.1 Å². The van der Waals surface area contributed by atoms with Crippen molar-refractivity contribution in [3.63, 3.8) is 0 Å². The Bertz CT molecular complexity index is 1120. The van der Waals surface area contributed by atoms with Gasteiger partial charge < -0.3 is 20.1 Å². The summed E-state index contributed by atoms with van der Waals surface area (Å²) in [6.07, 6.45) is -1.40. The van der Waals surface area contributed by atoms with Gasteiger partial charge in [-0.15, -0.1) is 0 Å². The number of hydrogen-bond donors (Lipinski definition) is 3. The summed E-state index contributed by atoms with van der Waals surface area (Å²) in [6.45, 7) is 2.13. The molecule has 35 heavy (non-hydrogen) atoms. The quantitative estimate of drug-likeness (QED) is 0.585. The van der Waals surface area contributed by atoms with Crippen molar-refractivity contribution >= 4 is 29.3 Å². The van der Waals surface area contributed by atoms with Gasteiger partial charge in [-0.25, -0.2) is 19.0 Å². The lowest BCUT2D eigenvalue weighted by Crippen LogP contribution is -2.43. The second kappa shape index (κ2) is 10.1. The number of para-hydroxylation sites is 1. The van der Waals surface area contributed by atoms with E-state index in [2.05, 4.69) is 10.7 Å². The predicted octanol–water partition coefficient (Wildman–Crippen LogP) is 1.60. The molecular formula is C23H25F2N5O5. The maximum Gasteiger partial charge on any atom is 0.414 e. The lowest BCUT2D eigenvalue weighted by molar-refractivity contribution is -0.119. The van der Waals surface area contributed by atoms with E-state index >= 15 is 8.78 Å². The van der Waals surface area contributed by atoms with Crippen molar-refractivity contribution in [2.45, 2.75) is 13.0 Å². The number of nitrogens with one attached hydrogen (secondary N) is 2. The van der Waals surface area contributed by atoms with E-state index in [9.17, 15) is 19.5 Å². The standard InChI is InChI=1S/C23H25F2N5O5/c1-14(31)26-12-16-13-29(23(34)35-16)15-10-18(24)21(19(25)11-15)28-7-6-27-30(9-8-28)22(33)17-4-2-3-5-20(17)32/h2-5,10-11,16,27,32H,6-9,12-13H2,1H3,(H,26,31)/t16-/m0/s1. The number of hydrogen-bond acceptors (Lipinski definition) is 7.